The number of carbonyl (C=O) groups excluding carboxylic acids is 3. The number of methoxy groups -OCH3 is 1. The van der Waals surface area contributed by atoms with Crippen molar-refractivity contribution in [1.29, 1.82) is 0 Å². The van der Waals surface area contributed by atoms with Crippen LogP contribution in [-0.2, 0) is 11.2 Å². The van der Waals surface area contributed by atoms with Crippen LogP contribution < -0.4 is 10.2 Å². The molecular weight excluding hydrogens is 464 g/mol. The molecule has 1 heterocycles. The predicted molar refractivity (Wildman–Crippen MR) is 144 cm³/mol. The van der Waals surface area contributed by atoms with Crippen molar-refractivity contribution in [3.63, 3.8) is 0 Å². The van der Waals surface area contributed by atoms with Crippen molar-refractivity contribution >= 4 is 29.2 Å². The molecule has 5 rings (SSSR count). The number of para-hydroxylation sites is 1. The van der Waals surface area contributed by atoms with E-state index in [1.807, 2.05) is 35.2 Å². The second kappa shape index (κ2) is 10.5. The number of hydrogen-bond acceptors (Lipinski definition) is 4. The van der Waals surface area contributed by atoms with E-state index < -0.39 is 5.97 Å². The molecule has 0 atom stereocenters. The van der Waals surface area contributed by atoms with E-state index in [-0.39, 0.29) is 11.8 Å². The van der Waals surface area contributed by atoms with Gasteiger partial charge in [-0.15, -0.1) is 0 Å². The summed E-state index contributed by atoms with van der Waals surface area (Å²) in [6, 6.07) is 29.0. The molecule has 0 radical (unpaired) electrons. The number of rotatable bonds is 5. The summed E-state index contributed by atoms with van der Waals surface area (Å²) in [5.74, 6) is -0.850. The van der Waals surface area contributed by atoms with E-state index in [9.17, 15) is 14.4 Å². The van der Waals surface area contributed by atoms with E-state index in [1.54, 1.807) is 60.7 Å². The van der Waals surface area contributed by atoms with E-state index in [4.69, 9.17) is 4.74 Å². The van der Waals surface area contributed by atoms with Crippen molar-refractivity contribution in [2.45, 2.75) is 12.8 Å². The Morgan fingerprint density at radius 1 is 0.757 bits per heavy atom. The Morgan fingerprint density at radius 3 is 2.11 bits per heavy atom. The number of nitrogens with one attached hydrogen (secondary N) is 1. The van der Waals surface area contributed by atoms with E-state index in [0.717, 1.165) is 18.5 Å². The van der Waals surface area contributed by atoms with Crippen LogP contribution in [0.15, 0.2) is 97.1 Å². The number of anilines is 2. The molecule has 1 aliphatic heterocycles. The Bertz CT molecular complexity index is 1480. The highest BCUT2D eigenvalue weighted by Crippen LogP contribution is 2.30. The number of aryl methyl sites for hydroxylation is 1. The molecule has 4 aromatic carbocycles. The zero-order chi connectivity index (χ0) is 25.8. The maximum Gasteiger partial charge on any atom is 0.338 e. The van der Waals surface area contributed by atoms with Gasteiger partial charge < -0.3 is 15.0 Å². The topological polar surface area (TPSA) is 75.7 Å². The molecular formula is C31H26N2O4. The summed E-state index contributed by atoms with van der Waals surface area (Å²) in [4.78, 5) is 40.6. The first-order valence-corrected chi connectivity index (χ1v) is 12.1. The molecule has 6 nitrogen and oxygen atoms in total. The van der Waals surface area contributed by atoms with Gasteiger partial charge in [-0.25, -0.2) is 4.79 Å². The van der Waals surface area contributed by atoms with Gasteiger partial charge >= 0.3 is 5.97 Å². The zero-order valence-electron chi connectivity index (χ0n) is 20.4. The largest absolute Gasteiger partial charge is 0.465 e. The van der Waals surface area contributed by atoms with Crippen LogP contribution >= 0.6 is 0 Å². The number of carbonyl (C=O) groups is 3. The summed E-state index contributed by atoms with van der Waals surface area (Å²) in [5, 5.41) is 2.91. The smallest absolute Gasteiger partial charge is 0.338 e. The minimum Gasteiger partial charge on any atom is -0.465 e. The zero-order valence-corrected chi connectivity index (χ0v) is 20.4. The molecule has 0 aliphatic carbocycles. The lowest BCUT2D eigenvalue weighted by molar-refractivity contribution is 0.0601. The average Bonchev–Trinajstić information content (AvgIpc) is 2.96. The summed E-state index contributed by atoms with van der Waals surface area (Å²) in [6.45, 7) is 0.679. The number of fused-ring (bicyclic) bond motifs is 1. The van der Waals surface area contributed by atoms with Crippen molar-refractivity contribution in [3.8, 4) is 11.1 Å². The van der Waals surface area contributed by atoms with Gasteiger partial charge in [0, 0.05) is 29.0 Å². The molecule has 0 unspecified atom stereocenters. The van der Waals surface area contributed by atoms with Crippen molar-refractivity contribution < 1.29 is 19.1 Å². The fraction of sp³-hybridized carbons (Fsp3) is 0.129. The van der Waals surface area contributed by atoms with Crippen LogP contribution in [0.3, 0.4) is 0 Å². The maximum atomic E-state index is 13.3. The normalized spacial score (nSPS) is 12.4. The molecule has 1 aliphatic rings. The van der Waals surface area contributed by atoms with Crippen LogP contribution in [0.1, 0.15) is 43.1 Å². The third-order valence-electron chi connectivity index (χ3n) is 6.54. The van der Waals surface area contributed by atoms with E-state index in [1.165, 1.54) is 12.7 Å². The first-order chi connectivity index (χ1) is 18.1. The Kier molecular flexibility index (Phi) is 6.81. The second-order valence-corrected chi connectivity index (χ2v) is 8.80. The van der Waals surface area contributed by atoms with Crippen molar-refractivity contribution in [2.24, 2.45) is 0 Å². The SMILES string of the molecule is COC(=O)c1ccccc1-c1ccccc1C(=O)Nc1ccc(C(=O)N2CCCc3ccccc32)cc1. The lowest BCUT2D eigenvalue weighted by Crippen LogP contribution is -2.35. The minimum absolute atomic E-state index is 0.0604. The third-order valence-corrected chi connectivity index (χ3v) is 6.54. The number of benzene rings is 4. The molecule has 2 amide bonds. The fourth-order valence-corrected chi connectivity index (χ4v) is 4.72. The van der Waals surface area contributed by atoms with Gasteiger partial charge in [0.05, 0.1) is 12.7 Å². The number of esters is 1. The predicted octanol–water partition coefficient (Wildman–Crippen LogP) is 5.99. The van der Waals surface area contributed by atoms with Crippen molar-refractivity contribution in [2.75, 3.05) is 23.9 Å². The van der Waals surface area contributed by atoms with E-state index in [2.05, 4.69) is 11.4 Å². The number of ether oxygens (including phenoxy) is 1. The highest BCUT2D eigenvalue weighted by molar-refractivity contribution is 6.11. The Balaban J connectivity index is 1.36. The number of nitrogens with zero attached hydrogens (tertiary/aromatic N) is 1. The van der Waals surface area contributed by atoms with Gasteiger partial charge in [-0.2, -0.15) is 0 Å². The lowest BCUT2D eigenvalue weighted by atomic mass is 9.95. The van der Waals surface area contributed by atoms with Crippen LogP contribution in [-0.4, -0.2) is 31.4 Å². The molecule has 4 aromatic rings. The molecule has 184 valence electrons. The van der Waals surface area contributed by atoms with Gasteiger partial charge in [0.1, 0.15) is 0 Å². The molecule has 0 saturated heterocycles. The molecule has 6 heteroatoms. The molecule has 0 bridgehead atoms. The molecule has 37 heavy (non-hydrogen) atoms. The van der Waals surface area contributed by atoms with Crippen LogP contribution in [0, 0.1) is 0 Å². The van der Waals surface area contributed by atoms with Gasteiger partial charge in [-0.05, 0) is 72.0 Å². The van der Waals surface area contributed by atoms with Crippen LogP contribution in [0.25, 0.3) is 11.1 Å². The fourth-order valence-electron chi connectivity index (χ4n) is 4.72. The molecule has 1 N–H and O–H groups in total. The second-order valence-electron chi connectivity index (χ2n) is 8.80. The summed E-state index contributed by atoms with van der Waals surface area (Å²) >= 11 is 0. The average molecular weight is 491 g/mol. The number of hydrogen-bond donors (Lipinski definition) is 1. The molecule has 0 aromatic heterocycles. The Hall–Kier alpha value is -4.71. The standard InChI is InChI=1S/C31H26N2O4/c1-37-31(36)27-14-6-4-12-25(27)24-11-3-5-13-26(24)29(34)32-23-18-16-22(17-19-23)30(35)33-20-8-10-21-9-2-7-15-28(21)33/h2-7,9,11-19H,8,10,20H2,1H3,(H,32,34). The first-order valence-electron chi connectivity index (χ1n) is 12.1. The summed E-state index contributed by atoms with van der Waals surface area (Å²) in [6.07, 6.45) is 1.89. The Labute approximate surface area is 215 Å². The van der Waals surface area contributed by atoms with E-state index in [0.29, 0.717) is 40.0 Å². The molecule has 0 spiro atoms. The maximum absolute atomic E-state index is 13.3. The van der Waals surface area contributed by atoms with E-state index >= 15 is 0 Å². The van der Waals surface area contributed by atoms with Crippen molar-refractivity contribution in [3.05, 3.63) is 119 Å². The number of amides is 2. The highest BCUT2D eigenvalue weighted by atomic mass is 16.5. The Morgan fingerprint density at radius 2 is 1.38 bits per heavy atom. The van der Waals surface area contributed by atoms with Crippen LogP contribution in [0.5, 0.6) is 0 Å². The van der Waals surface area contributed by atoms with Crippen LogP contribution in [0.2, 0.25) is 0 Å². The van der Waals surface area contributed by atoms with Crippen molar-refractivity contribution in [1.82, 2.24) is 0 Å². The quantitative estimate of drug-likeness (QED) is 0.349. The first kappa shape index (κ1) is 24.0. The van der Waals surface area contributed by atoms with Gasteiger partial charge in [-0.3, -0.25) is 9.59 Å². The van der Waals surface area contributed by atoms with Crippen LogP contribution in [0.4, 0.5) is 11.4 Å². The van der Waals surface area contributed by atoms with Gasteiger partial charge in [-0.1, -0.05) is 54.6 Å². The minimum atomic E-state index is -0.470. The lowest BCUT2D eigenvalue weighted by Gasteiger charge is -2.29. The summed E-state index contributed by atoms with van der Waals surface area (Å²) in [5.41, 5.74) is 5.30. The van der Waals surface area contributed by atoms with Gasteiger partial charge in [0.25, 0.3) is 11.8 Å². The van der Waals surface area contributed by atoms with Gasteiger partial charge in [0.2, 0.25) is 0 Å². The monoisotopic (exact) mass is 490 g/mol. The molecule has 0 saturated carbocycles. The highest BCUT2D eigenvalue weighted by Gasteiger charge is 2.23. The summed E-state index contributed by atoms with van der Waals surface area (Å²) in [7, 11) is 1.33. The van der Waals surface area contributed by atoms with Gasteiger partial charge in [0.15, 0.2) is 0 Å². The molecule has 0 fully saturated rings. The third kappa shape index (κ3) is 4.86. The summed E-state index contributed by atoms with van der Waals surface area (Å²) < 4.78 is 4.92.